The molecule has 0 bridgehead atoms. The monoisotopic (exact) mass is 455 g/mol. The number of pyridine rings is 2. The molecule has 0 aliphatic carbocycles. The molecule has 0 amide bonds. The summed E-state index contributed by atoms with van der Waals surface area (Å²) in [6.07, 6.45) is 3.60. The lowest BCUT2D eigenvalue weighted by Gasteiger charge is -2.13. The molecule has 0 unspecified atom stereocenters. The highest BCUT2D eigenvalue weighted by Crippen LogP contribution is 2.29. The van der Waals surface area contributed by atoms with Crippen LogP contribution in [0.15, 0.2) is 61.1 Å². The van der Waals surface area contributed by atoms with E-state index in [0.717, 1.165) is 33.5 Å². The highest BCUT2D eigenvalue weighted by Gasteiger charge is 2.15. The van der Waals surface area contributed by atoms with Crippen LogP contribution in [0.2, 0.25) is 0 Å². The summed E-state index contributed by atoms with van der Waals surface area (Å²) in [4.78, 5) is 13.1. The van der Waals surface area contributed by atoms with Crippen LogP contribution in [0.25, 0.3) is 28.1 Å². The van der Waals surface area contributed by atoms with Crippen molar-refractivity contribution < 1.29 is 9.50 Å². The van der Waals surface area contributed by atoms with Gasteiger partial charge in [-0.25, -0.2) is 15.0 Å². The Morgan fingerprint density at radius 2 is 1.88 bits per heavy atom. The van der Waals surface area contributed by atoms with Crippen LogP contribution in [-0.4, -0.2) is 41.4 Å². The molecule has 5 rings (SSSR count). The van der Waals surface area contributed by atoms with Crippen molar-refractivity contribution >= 4 is 22.5 Å². The Balaban J connectivity index is 1.54. The van der Waals surface area contributed by atoms with Crippen molar-refractivity contribution in [2.24, 2.45) is 0 Å². The minimum atomic E-state index is -0.575. The zero-order chi connectivity index (χ0) is 23.7. The van der Waals surface area contributed by atoms with Gasteiger partial charge in [-0.15, -0.1) is 5.10 Å². The molecule has 1 aromatic carbocycles. The van der Waals surface area contributed by atoms with Gasteiger partial charge in [0.15, 0.2) is 5.82 Å². The van der Waals surface area contributed by atoms with Gasteiger partial charge in [-0.1, -0.05) is 6.07 Å². The van der Waals surface area contributed by atoms with Crippen LogP contribution in [0.1, 0.15) is 16.8 Å². The molecule has 0 saturated heterocycles. The van der Waals surface area contributed by atoms with E-state index in [1.165, 1.54) is 12.3 Å². The molecule has 0 atom stereocenters. The van der Waals surface area contributed by atoms with Crippen molar-refractivity contribution in [1.82, 2.24) is 29.7 Å². The van der Waals surface area contributed by atoms with E-state index in [2.05, 4.69) is 25.5 Å². The zero-order valence-corrected chi connectivity index (χ0v) is 18.7. The fourth-order valence-electron chi connectivity index (χ4n) is 3.81. The highest BCUT2D eigenvalue weighted by molar-refractivity contribution is 5.82. The van der Waals surface area contributed by atoms with Gasteiger partial charge < -0.3 is 10.4 Å². The maximum Gasteiger partial charge on any atom is 0.213 e. The van der Waals surface area contributed by atoms with Crippen LogP contribution >= 0.6 is 0 Å². The van der Waals surface area contributed by atoms with Crippen LogP contribution in [0.5, 0.6) is 0 Å². The van der Waals surface area contributed by atoms with Crippen molar-refractivity contribution in [2.75, 3.05) is 11.9 Å². The van der Waals surface area contributed by atoms with E-state index < -0.39 is 5.95 Å². The van der Waals surface area contributed by atoms with Gasteiger partial charge in [0.25, 0.3) is 0 Å². The molecule has 4 aromatic heterocycles. The van der Waals surface area contributed by atoms with E-state index in [0.29, 0.717) is 29.3 Å². The lowest BCUT2D eigenvalue weighted by Crippen LogP contribution is -2.04. The van der Waals surface area contributed by atoms with Crippen molar-refractivity contribution in [3.63, 3.8) is 0 Å². The number of benzene rings is 1. The van der Waals surface area contributed by atoms with Crippen molar-refractivity contribution in [3.05, 3.63) is 83.8 Å². The average molecular weight is 455 g/mol. The van der Waals surface area contributed by atoms with E-state index in [-0.39, 0.29) is 6.61 Å². The van der Waals surface area contributed by atoms with Crippen molar-refractivity contribution in [3.8, 4) is 17.1 Å². The molecule has 9 heteroatoms. The van der Waals surface area contributed by atoms with Crippen LogP contribution in [-0.2, 0) is 6.42 Å². The Kier molecular flexibility index (Phi) is 5.69. The molecule has 170 valence electrons. The Labute approximate surface area is 195 Å². The predicted molar refractivity (Wildman–Crippen MR) is 128 cm³/mol. The minimum Gasteiger partial charge on any atom is -0.396 e. The van der Waals surface area contributed by atoms with Gasteiger partial charge >= 0.3 is 0 Å². The van der Waals surface area contributed by atoms with Gasteiger partial charge in [-0.2, -0.15) is 9.49 Å². The van der Waals surface area contributed by atoms with Crippen LogP contribution in [0, 0.1) is 19.8 Å². The third-order valence-corrected chi connectivity index (χ3v) is 5.53. The number of imidazole rings is 1. The molecule has 0 aliphatic heterocycles. The summed E-state index contributed by atoms with van der Waals surface area (Å²) in [7, 11) is 0. The number of halogens is 1. The molecule has 0 aliphatic rings. The number of anilines is 2. The number of rotatable bonds is 6. The number of nitrogens with zero attached hydrogens (tertiary/aromatic N) is 6. The summed E-state index contributed by atoms with van der Waals surface area (Å²) in [6.45, 7) is 3.71. The van der Waals surface area contributed by atoms with Gasteiger partial charge in [0, 0.05) is 30.1 Å². The number of hydrogen-bond donors (Lipinski definition) is 2. The van der Waals surface area contributed by atoms with Gasteiger partial charge in [0.05, 0.1) is 22.4 Å². The summed E-state index contributed by atoms with van der Waals surface area (Å²) in [5.74, 6) is 0.713. The molecule has 34 heavy (non-hydrogen) atoms. The largest absolute Gasteiger partial charge is 0.396 e. The lowest BCUT2D eigenvalue weighted by atomic mass is 10.0. The number of aliphatic hydroxyl groups excluding tert-OH is 1. The van der Waals surface area contributed by atoms with Crippen molar-refractivity contribution in [2.45, 2.75) is 20.3 Å². The molecular weight excluding hydrogens is 433 g/mol. The second kappa shape index (κ2) is 8.95. The van der Waals surface area contributed by atoms with Gasteiger partial charge in [0.1, 0.15) is 12.1 Å². The molecular formula is C25H22FN7O. The third kappa shape index (κ3) is 4.20. The second-order valence-corrected chi connectivity index (χ2v) is 7.98. The first-order chi connectivity index (χ1) is 16.5. The fourth-order valence-corrected chi connectivity index (χ4v) is 3.81. The number of hydrogen-bond acceptors (Lipinski definition) is 7. The third-order valence-electron chi connectivity index (χ3n) is 5.53. The Morgan fingerprint density at radius 1 is 1.00 bits per heavy atom. The maximum absolute atomic E-state index is 13.9. The Morgan fingerprint density at radius 3 is 2.68 bits per heavy atom. The summed E-state index contributed by atoms with van der Waals surface area (Å²) in [5.41, 5.74) is 6.22. The molecule has 0 spiro atoms. The number of fused-ring (bicyclic) bond motifs is 1. The molecule has 5 aromatic rings. The molecule has 8 nitrogen and oxygen atoms in total. The molecule has 0 saturated carbocycles. The summed E-state index contributed by atoms with van der Waals surface area (Å²) in [5, 5.41) is 20.9. The first kappa shape index (κ1) is 21.6. The molecule has 0 fully saturated rings. The quantitative estimate of drug-likeness (QED) is 0.368. The summed E-state index contributed by atoms with van der Waals surface area (Å²) >= 11 is 0. The van der Waals surface area contributed by atoms with Gasteiger partial charge in [-0.3, -0.25) is 4.57 Å². The van der Waals surface area contributed by atoms with E-state index in [9.17, 15) is 9.50 Å². The zero-order valence-electron chi connectivity index (χ0n) is 18.7. The molecule has 0 radical (unpaired) electrons. The highest BCUT2D eigenvalue weighted by atomic mass is 19.1. The topological polar surface area (TPSA) is 102 Å². The first-order valence-electron chi connectivity index (χ1n) is 10.8. The lowest BCUT2D eigenvalue weighted by molar-refractivity contribution is 0.299. The van der Waals surface area contributed by atoms with E-state index >= 15 is 0 Å². The van der Waals surface area contributed by atoms with Gasteiger partial charge in [0.2, 0.25) is 5.95 Å². The average Bonchev–Trinajstić information content (AvgIpc) is 3.26. The summed E-state index contributed by atoms with van der Waals surface area (Å²) < 4.78 is 15.8. The van der Waals surface area contributed by atoms with E-state index in [4.69, 9.17) is 4.98 Å². The number of aryl methyl sites for hydroxylation is 2. The summed E-state index contributed by atoms with van der Waals surface area (Å²) in [6, 6.07) is 14.7. The van der Waals surface area contributed by atoms with Crippen LogP contribution in [0.4, 0.5) is 15.9 Å². The SMILES string of the molecule is Cc1ccc(Nc2ccc3c(c2)ncn3-c2ccc(CCO)c(-c3cc(F)ncc3C)n2)nn1. The van der Waals surface area contributed by atoms with Crippen LogP contribution in [0.3, 0.4) is 0 Å². The standard InChI is InChI=1S/C25H22FN7O/c1-15-13-27-22(26)12-19(15)25-17(9-10-34)4-8-24(30-25)33-14-28-20-11-18(5-6-21(20)33)29-23-7-3-16(2)31-32-23/h3-8,11-14,34H,9-10H2,1-2H3,(H,29,32). The number of aromatic nitrogens is 6. The smallest absolute Gasteiger partial charge is 0.213 e. The number of nitrogens with one attached hydrogen (secondary N) is 1. The Hall–Kier alpha value is -4.24. The molecule has 4 heterocycles. The second-order valence-electron chi connectivity index (χ2n) is 7.98. The molecule has 2 N–H and O–H groups in total. The van der Waals surface area contributed by atoms with Crippen molar-refractivity contribution in [1.29, 1.82) is 0 Å². The van der Waals surface area contributed by atoms with E-state index in [1.807, 2.05) is 60.9 Å². The maximum atomic E-state index is 13.9. The van der Waals surface area contributed by atoms with Gasteiger partial charge in [-0.05, 0) is 67.8 Å². The Bertz CT molecular complexity index is 1480. The fraction of sp³-hybridized carbons (Fsp3) is 0.160. The van der Waals surface area contributed by atoms with E-state index in [1.54, 1.807) is 6.33 Å². The van der Waals surface area contributed by atoms with Crippen LogP contribution < -0.4 is 5.32 Å². The normalized spacial score (nSPS) is 11.2. The predicted octanol–water partition coefficient (Wildman–Crippen LogP) is 4.31. The minimum absolute atomic E-state index is 0.0320. The number of aliphatic hydroxyl groups is 1. The first-order valence-corrected chi connectivity index (χ1v) is 10.8.